The molecule has 1 rings (SSSR count). The average Bonchev–Trinajstić information content (AvgIpc) is 2.17. The van der Waals surface area contributed by atoms with E-state index in [1.54, 1.807) is 0 Å². The number of rotatable bonds is 5. The van der Waals surface area contributed by atoms with Crippen LogP contribution in [-0.2, 0) is 0 Å². The lowest BCUT2D eigenvalue weighted by Gasteiger charge is -2.16. The van der Waals surface area contributed by atoms with Crippen molar-refractivity contribution in [3.63, 3.8) is 0 Å². The zero-order valence-corrected chi connectivity index (χ0v) is 10.4. The number of aryl methyl sites for hydroxylation is 1. The zero-order chi connectivity index (χ0) is 11.3. The molecule has 15 heavy (non-hydrogen) atoms. The molecule has 0 bridgehead atoms. The van der Waals surface area contributed by atoms with Crippen LogP contribution in [0.3, 0.4) is 0 Å². The summed E-state index contributed by atoms with van der Waals surface area (Å²) in [6.45, 7) is 11.1. The second kappa shape index (κ2) is 5.92. The van der Waals surface area contributed by atoms with Gasteiger partial charge in [-0.1, -0.05) is 45.0 Å². The first kappa shape index (κ1) is 12.3. The molecule has 0 fully saturated rings. The van der Waals surface area contributed by atoms with Crippen LogP contribution in [0.4, 0.5) is 0 Å². The summed E-state index contributed by atoms with van der Waals surface area (Å²) >= 11 is 0. The number of hydrogen-bond donors (Lipinski definition) is 1. The van der Waals surface area contributed by atoms with Crippen LogP contribution >= 0.6 is 0 Å². The first-order chi connectivity index (χ1) is 7.11. The van der Waals surface area contributed by atoms with Crippen LogP contribution in [0, 0.1) is 12.8 Å². The van der Waals surface area contributed by atoms with Crippen molar-refractivity contribution in [3.8, 4) is 0 Å². The summed E-state index contributed by atoms with van der Waals surface area (Å²) in [5.74, 6) is 1.33. The second-order valence-corrected chi connectivity index (χ2v) is 4.81. The summed E-state index contributed by atoms with van der Waals surface area (Å²) in [4.78, 5) is 0. The molecule has 0 spiro atoms. The van der Waals surface area contributed by atoms with Gasteiger partial charge in [0.25, 0.3) is 0 Å². The topological polar surface area (TPSA) is 12.0 Å². The van der Waals surface area contributed by atoms with Crippen LogP contribution in [-0.4, -0.2) is 13.1 Å². The monoisotopic (exact) mass is 205 g/mol. The van der Waals surface area contributed by atoms with E-state index in [4.69, 9.17) is 0 Å². The van der Waals surface area contributed by atoms with Gasteiger partial charge in [-0.25, -0.2) is 0 Å². The summed E-state index contributed by atoms with van der Waals surface area (Å²) in [7, 11) is 0. The fourth-order valence-corrected chi connectivity index (χ4v) is 1.84. The molecular weight excluding hydrogens is 182 g/mol. The Hall–Kier alpha value is -0.820. The SMILES string of the molecule is Cc1ccccc1C(C)CNCC(C)C. The Kier molecular flexibility index (Phi) is 4.83. The Balaban J connectivity index is 2.47. The number of benzene rings is 1. The van der Waals surface area contributed by atoms with Crippen molar-refractivity contribution in [1.29, 1.82) is 0 Å². The normalized spacial score (nSPS) is 13.1. The number of hydrogen-bond acceptors (Lipinski definition) is 1. The van der Waals surface area contributed by atoms with E-state index in [2.05, 4.69) is 57.3 Å². The predicted octanol–water partition coefficient (Wildman–Crippen LogP) is 3.34. The first-order valence-electron chi connectivity index (χ1n) is 5.87. The lowest BCUT2D eigenvalue weighted by atomic mass is 9.96. The van der Waals surface area contributed by atoms with Crippen molar-refractivity contribution in [2.75, 3.05) is 13.1 Å². The van der Waals surface area contributed by atoms with E-state index in [0.717, 1.165) is 19.0 Å². The van der Waals surface area contributed by atoms with Gasteiger partial charge in [-0.05, 0) is 36.4 Å². The highest BCUT2D eigenvalue weighted by atomic mass is 14.9. The minimum absolute atomic E-state index is 0.602. The molecule has 1 aromatic rings. The van der Waals surface area contributed by atoms with Gasteiger partial charge in [-0.15, -0.1) is 0 Å². The molecule has 1 aromatic carbocycles. The van der Waals surface area contributed by atoms with Gasteiger partial charge in [0.2, 0.25) is 0 Å². The summed E-state index contributed by atoms with van der Waals surface area (Å²) in [6.07, 6.45) is 0. The second-order valence-electron chi connectivity index (χ2n) is 4.81. The third kappa shape index (κ3) is 4.05. The summed E-state index contributed by atoms with van der Waals surface area (Å²) in [5, 5.41) is 3.51. The van der Waals surface area contributed by atoms with Crippen molar-refractivity contribution in [2.45, 2.75) is 33.6 Å². The van der Waals surface area contributed by atoms with Crippen molar-refractivity contribution in [1.82, 2.24) is 5.32 Å². The van der Waals surface area contributed by atoms with E-state index in [1.165, 1.54) is 11.1 Å². The Bertz CT molecular complexity index is 291. The minimum Gasteiger partial charge on any atom is -0.316 e. The molecule has 1 heteroatoms. The van der Waals surface area contributed by atoms with Crippen molar-refractivity contribution >= 4 is 0 Å². The van der Waals surface area contributed by atoms with Gasteiger partial charge in [0.05, 0.1) is 0 Å². The molecule has 1 nitrogen and oxygen atoms in total. The maximum Gasteiger partial charge on any atom is 0.00177 e. The standard InChI is InChI=1S/C14H23N/c1-11(2)9-15-10-13(4)14-8-6-5-7-12(14)3/h5-8,11,13,15H,9-10H2,1-4H3. The fourth-order valence-electron chi connectivity index (χ4n) is 1.84. The van der Waals surface area contributed by atoms with E-state index < -0.39 is 0 Å². The molecule has 1 unspecified atom stereocenters. The predicted molar refractivity (Wildman–Crippen MR) is 67.3 cm³/mol. The Labute approximate surface area is 93.9 Å². The minimum atomic E-state index is 0.602. The molecule has 1 N–H and O–H groups in total. The van der Waals surface area contributed by atoms with Crippen LogP contribution < -0.4 is 5.32 Å². The van der Waals surface area contributed by atoms with Crippen molar-refractivity contribution in [2.24, 2.45) is 5.92 Å². The van der Waals surface area contributed by atoms with E-state index in [0.29, 0.717) is 5.92 Å². The molecule has 0 aliphatic carbocycles. The smallest absolute Gasteiger partial charge is 0.00177 e. The molecular formula is C14H23N. The molecule has 0 amide bonds. The third-order valence-corrected chi connectivity index (χ3v) is 2.72. The molecule has 0 aliphatic rings. The summed E-state index contributed by atoms with van der Waals surface area (Å²) < 4.78 is 0. The molecule has 0 aliphatic heterocycles. The first-order valence-corrected chi connectivity index (χ1v) is 5.87. The van der Waals surface area contributed by atoms with Crippen LogP contribution in [0.25, 0.3) is 0 Å². The van der Waals surface area contributed by atoms with Gasteiger partial charge in [-0.3, -0.25) is 0 Å². The zero-order valence-electron chi connectivity index (χ0n) is 10.4. The molecule has 0 aromatic heterocycles. The van der Waals surface area contributed by atoms with Gasteiger partial charge < -0.3 is 5.32 Å². The van der Waals surface area contributed by atoms with Crippen LogP contribution in [0.1, 0.15) is 37.8 Å². The molecule has 84 valence electrons. The number of nitrogens with one attached hydrogen (secondary N) is 1. The maximum atomic E-state index is 3.51. The Morgan fingerprint density at radius 1 is 1.07 bits per heavy atom. The van der Waals surface area contributed by atoms with Gasteiger partial charge in [0.15, 0.2) is 0 Å². The van der Waals surface area contributed by atoms with Crippen LogP contribution in [0.2, 0.25) is 0 Å². The van der Waals surface area contributed by atoms with Crippen LogP contribution in [0.5, 0.6) is 0 Å². The molecule has 0 saturated heterocycles. The van der Waals surface area contributed by atoms with Crippen molar-refractivity contribution < 1.29 is 0 Å². The third-order valence-electron chi connectivity index (χ3n) is 2.72. The molecule has 1 atom stereocenters. The lowest BCUT2D eigenvalue weighted by Crippen LogP contribution is -2.24. The average molecular weight is 205 g/mol. The highest BCUT2D eigenvalue weighted by Crippen LogP contribution is 2.18. The highest BCUT2D eigenvalue weighted by Gasteiger charge is 2.07. The Morgan fingerprint density at radius 2 is 1.73 bits per heavy atom. The van der Waals surface area contributed by atoms with Crippen molar-refractivity contribution in [3.05, 3.63) is 35.4 Å². The molecule has 0 radical (unpaired) electrons. The van der Waals surface area contributed by atoms with E-state index in [1.807, 2.05) is 0 Å². The quantitative estimate of drug-likeness (QED) is 0.777. The lowest BCUT2D eigenvalue weighted by molar-refractivity contribution is 0.528. The van der Waals surface area contributed by atoms with Gasteiger partial charge >= 0.3 is 0 Å². The van der Waals surface area contributed by atoms with Gasteiger partial charge in [0.1, 0.15) is 0 Å². The van der Waals surface area contributed by atoms with E-state index >= 15 is 0 Å². The fraction of sp³-hybridized carbons (Fsp3) is 0.571. The summed E-state index contributed by atoms with van der Waals surface area (Å²) in [5.41, 5.74) is 2.87. The molecule has 0 heterocycles. The van der Waals surface area contributed by atoms with Gasteiger partial charge in [-0.2, -0.15) is 0 Å². The van der Waals surface area contributed by atoms with E-state index in [9.17, 15) is 0 Å². The Morgan fingerprint density at radius 3 is 2.33 bits per heavy atom. The van der Waals surface area contributed by atoms with Gasteiger partial charge in [0, 0.05) is 6.54 Å². The largest absolute Gasteiger partial charge is 0.316 e. The summed E-state index contributed by atoms with van der Waals surface area (Å²) in [6, 6.07) is 8.65. The van der Waals surface area contributed by atoms with Crippen LogP contribution in [0.15, 0.2) is 24.3 Å². The molecule has 0 saturated carbocycles. The van der Waals surface area contributed by atoms with E-state index in [-0.39, 0.29) is 0 Å². The maximum absolute atomic E-state index is 3.51. The highest BCUT2D eigenvalue weighted by molar-refractivity contribution is 5.28.